The van der Waals surface area contributed by atoms with Crippen molar-refractivity contribution in [2.75, 3.05) is 14.2 Å². The molecule has 166 valence electrons. The number of halogens is 1. The highest BCUT2D eigenvalue weighted by atomic mass is 35.5. The number of carbonyl (C=O) groups is 1. The lowest BCUT2D eigenvalue weighted by molar-refractivity contribution is -0.146. The fourth-order valence-electron chi connectivity index (χ4n) is 4.14. The van der Waals surface area contributed by atoms with Crippen molar-refractivity contribution in [2.24, 2.45) is 10.9 Å². The van der Waals surface area contributed by atoms with Crippen molar-refractivity contribution in [3.05, 3.63) is 70.3 Å². The molecule has 0 bridgehead atoms. The fraction of sp³-hybridized carbons (Fsp3) is 0.333. The minimum absolute atomic E-state index is 0.313. The van der Waals surface area contributed by atoms with Crippen LogP contribution in [-0.2, 0) is 9.53 Å². The largest absolute Gasteiger partial charge is 0.497 e. The van der Waals surface area contributed by atoms with E-state index in [1.165, 1.54) is 7.11 Å². The molecule has 8 heteroatoms. The van der Waals surface area contributed by atoms with Crippen LogP contribution in [0.15, 0.2) is 47.5 Å². The molecule has 0 saturated heterocycles. The number of benzene rings is 2. The second-order valence-corrected chi connectivity index (χ2v) is 8.11. The molecule has 0 saturated carbocycles. The maximum Gasteiger partial charge on any atom is 0.311 e. The second kappa shape index (κ2) is 9.12. The molecule has 0 fully saturated rings. The van der Waals surface area contributed by atoms with E-state index in [-0.39, 0.29) is 5.97 Å². The first kappa shape index (κ1) is 22.0. The Labute approximate surface area is 192 Å². The molecular formula is C24H25ClN4O3. The Bertz CT molecular complexity index is 1170. The van der Waals surface area contributed by atoms with Crippen molar-refractivity contribution in [1.82, 2.24) is 14.8 Å². The molecule has 2 atom stereocenters. The maximum absolute atomic E-state index is 12.8. The van der Waals surface area contributed by atoms with Crippen LogP contribution in [0.4, 0.5) is 0 Å². The number of hydrogen-bond donors (Lipinski definition) is 0. The number of carbonyl (C=O) groups excluding carboxylic acids is 1. The van der Waals surface area contributed by atoms with E-state index in [0.29, 0.717) is 28.8 Å². The molecular weight excluding hydrogens is 428 g/mol. The van der Waals surface area contributed by atoms with Gasteiger partial charge in [-0.15, -0.1) is 10.2 Å². The molecule has 4 rings (SSSR count). The molecule has 0 unspecified atom stereocenters. The molecule has 7 nitrogen and oxygen atoms in total. The molecule has 3 aromatic rings. The molecule has 0 radical (unpaired) electrons. The quantitative estimate of drug-likeness (QED) is 0.505. The minimum Gasteiger partial charge on any atom is -0.497 e. The lowest BCUT2D eigenvalue weighted by atomic mass is 9.94. The van der Waals surface area contributed by atoms with Crippen molar-refractivity contribution in [3.63, 3.8) is 0 Å². The highest BCUT2D eigenvalue weighted by Crippen LogP contribution is 2.38. The molecule has 1 aromatic heterocycles. The van der Waals surface area contributed by atoms with Gasteiger partial charge in [-0.3, -0.25) is 14.4 Å². The van der Waals surface area contributed by atoms with Crippen LogP contribution in [0.3, 0.4) is 0 Å². The Morgan fingerprint density at radius 2 is 1.91 bits per heavy atom. The molecule has 1 aliphatic heterocycles. The fourth-order valence-corrected chi connectivity index (χ4v) is 4.26. The number of fused-ring (bicyclic) bond motifs is 3. The average Bonchev–Trinajstić information content (AvgIpc) is 3.12. The molecule has 2 heterocycles. The van der Waals surface area contributed by atoms with Gasteiger partial charge in [-0.05, 0) is 43.7 Å². The number of rotatable bonds is 6. The molecule has 32 heavy (non-hydrogen) atoms. The molecule has 0 N–H and O–H groups in total. The summed E-state index contributed by atoms with van der Waals surface area (Å²) >= 11 is 6.14. The lowest BCUT2D eigenvalue weighted by Gasteiger charge is -2.21. The van der Waals surface area contributed by atoms with E-state index in [1.54, 1.807) is 7.11 Å². The number of methoxy groups -OCH3 is 2. The summed E-state index contributed by atoms with van der Waals surface area (Å²) in [6, 6.07) is 12.7. The Hall–Kier alpha value is -3.19. The number of aliphatic imine (C=N–C) groups is 1. The van der Waals surface area contributed by atoms with Crippen LogP contribution in [0.25, 0.3) is 5.69 Å². The van der Waals surface area contributed by atoms with Gasteiger partial charge in [-0.25, -0.2) is 0 Å². The van der Waals surface area contributed by atoms with Gasteiger partial charge >= 0.3 is 5.97 Å². The van der Waals surface area contributed by atoms with Gasteiger partial charge in [0.05, 0.1) is 31.5 Å². The average molecular weight is 453 g/mol. The first-order valence-electron chi connectivity index (χ1n) is 10.5. The predicted molar refractivity (Wildman–Crippen MR) is 123 cm³/mol. The van der Waals surface area contributed by atoms with Gasteiger partial charge in [0.1, 0.15) is 17.6 Å². The van der Waals surface area contributed by atoms with Gasteiger partial charge in [0.25, 0.3) is 0 Å². The van der Waals surface area contributed by atoms with Crippen molar-refractivity contribution in [2.45, 2.75) is 32.7 Å². The Balaban J connectivity index is 2.03. The lowest BCUT2D eigenvalue weighted by Crippen LogP contribution is -2.25. The molecule has 2 aromatic carbocycles. The van der Waals surface area contributed by atoms with Gasteiger partial charge in [0.15, 0.2) is 5.82 Å². The summed E-state index contributed by atoms with van der Waals surface area (Å²) in [4.78, 5) is 17.9. The molecule has 0 spiro atoms. The normalized spacial score (nSPS) is 15.8. The topological polar surface area (TPSA) is 78.6 Å². The summed E-state index contributed by atoms with van der Waals surface area (Å²) in [7, 11) is 3.03. The molecule has 0 aliphatic carbocycles. The smallest absolute Gasteiger partial charge is 0.311 e. The van der Waals surface area contributed by atoms with Crippen LogP contribution in [0.5, 0.6) is 5.75 Å². The van der Waals surface area contributed by atoms with E-state index in [0.717, 1.165) is 28.9 Å². The second-order valence-electron chi connectivity index (χ2n) is 7.67. The van der Waals surface area contributed by atoms with Crippen LogP contribution >= 0.6 is 11.6 Å². The monoisotopic (exact) mass is 452 g/mol. The van der Waals surface area contributed by atoms with E-state index in [9.17, 15) is 4.79 Å². The molecule has 1 aliphatic rings. The number of hydrogen-bond acceptors (Lipinski definition) is 6. The van der Waals surface area contributed by atoms with E-state index in [1.807, 2.05) is 60.9 Å². The first-order valence-corrected chi connectivity index (χ1v) is 10.9. The SMILES string of the molecule is CCC[C@H](C(=O)OC)[C@@H]1N=C(c2ccc(Cl)cc2)c2cc(OC)ccc2-n2c(C)nnc21. The number of nitrogens with zero attached hydrogens (tertiary/aromatic N) is 4. The van der Waals surface area contributed by atoms with Gasteiger partial charge in [-0.2, -0.15) is 0 Å². The Morgan fingerprint density at radius 1 is 1.16 bits per heavy atom. The summed E-state index contributed by atoms with van der Waals surface area (Å²) in [6.45, 7) is 3.92. The summed E-state index contributed by atoms with van der Waals surface area (Å²) in [5, 5.41) is 9.39. The van der Waals surface area contributed by atoms with E-state index in [4.69, 9.17) is 26.1 Å². The van der Waals surface area contributed by atoms with Crippen molar-refractivity contribution in [3.8, 4) is 11.4 Å². The number of esters is 1. The van der Waals surface area contributed by atoms with Gasteiger partial charge in [-0.1, -0.05) is 37.1 Å². The third-order valence-corrected chi connectivity index (χ3v) is 5.94. The molecule has 0 amide bonds. The van der Waals surface area contributed by atoms with Gasteiger partial charge in [0.2, 0.25) is 0 Å². The van der Waals surface area contributed by atoms with Crippen LogP contribution in [0, 0.1) is 12.8 Å². The summed E-state index contributed by atoms with van der Waals surface area (Å²) in [5.41, 5.74) is 3.35. The first-order chi connectivity index (χ1) is 15.5. The Kier molecular flexibility index (Phi) is 6.28. The van der Waals surface area contributed by atoms with Crippen LogP contribution in [0.1, 0.15) is 48.6 Å². The summed E-state index contributed by atoms with van der Waals surface area (Å²) < 4.78 is 12.6. The summed E-state index contributed by atoms with van der Waals surface area (Å²) in [6.07, 6.45) is 1.41. The number of aromatic nitrogens is 3. The highest BCUT2D eigenvalue weighted by molar-refractivity contribution is 6.30. The third kappa shape index (κ3) is 3.88. The zero-order valence-corrected chi connectivity index (χ0v) is 19.3. The number of aryl methyl sites for hydroxylation is 1. The third-order valence-electron chi connectivity index (χ3n) is 5.68. The van der Waals surface area contributed by atoms with Crippen molar-refractivity contribution in [1.29, 1.82) is 0 Å². The van der Waals surface area contributed by atoms with E-state index in [2.05, 4.69) is 10.2 Å². The Morgan fingerprint density at radius 3 is 2.56 bits per heavy atom. The number of ether oxygens (including phenoxy) is 2. The van der Waals surface area contributed by atoms with Gasteiger partial charge in [0, 0.05) is 16.1 Å². The van der Waals surface area contributed by atoms with Crippen LogP contribution < -0.4 is 4.74 Å². The maximum atomic E-state index is 12.8. The summed E-state index contributed by atoms with van der Waals surface area (Å²) in [5.74, 6) is 1.22. The van der Waals surface area contributed by atoms with Crippen LogP contribution in [0.2, 0.25) is 5.02 Å². The van der Waals surface area contributed by atoms with Gasteiger partial charge < -0.3 is 9.47 Å². The minimum atomic E-state index is -0.562. The zero-order chi connectivity index (χ0) is 22.8. The van der Waals surface area contributed by atoms with E-state index < -0.39 is 12.0 Å². The van der Waals surface area contributed by atoms with E-state index >= 15 is 0 Å². The zero-order valence-electron chi connectivity index (χ0n) is 18.5. The standard InChI is InChI=1S/C24H25ClN4O3/c1-5-6-18(24(30)32-4)22-23-28-27-14(2)29(23)20-12-11-17(31-3)13-19(20)21(26-22)15-7-9-16(25)10-8-15/h7-13,18,22H,5-6H2,1-4H3/t18-,22-/m0/s1. The van der Waals surface area contributed by atoms with Crippen molar-refractivity contribution < 1.29 is 14.3 Å². The van der Waals surface area contributed by atoms with Crippen LogP contribution in [-0.4, -0.2) is 40.7 Å². The highest BCUT2D eigenvalue weighted by Gasteiger charge is 2.37. The predicted octanol–water partition coefficient (Wildman–Crippen LogP) is 4.72. The van der Waals surface area contributed by atoms with Crippen molar-refractivity contribution >= 4 is 23.3 Å².